The van der Waals surface area contributed by atoms with Gasteiger partial charge in [-0.15, -0.1) is 11.3 Å². The molecule has 5 nitrogen and oxygen atoms in total. The van der Waals surface area contributed by atoms with E-state index in [9.17, 15) is 8.42 Å². The molecule has 7 heteroatoms. The number of rotatable bonds is 5. The molecule has 0 saturated carbocycles. The minimum absolute atomic E-state index is 0.00130. The Balaban J connectivity index is 2.04. The minimum Gasteiger partial charge on any atom is -0.381 e. The Morgan fingerprint density at radius 3 is 2.83 bits per heavy atom. The maximum atomic E-state index is 12.2. The van der Waals surface area contributed by atoms with Crippen molar-refractivity contribution in [2.45, 2.75) is 29.6 Å². The quantitative estimate of drug-likeness (QED) is 0.846. The molecule has 1 aliphatic heterocycles. The van der Waals surface area contributed by atoms with Gasteiger partial charge in [0.25, 0.3) is 0 Å². The molecule has 2 heterocycles. The summed E-state index contributed by atoms with van der Waals surface area (Å²) in [6.45, 7) is 1.94. The number of sulfonamides is 1. The molecular formula is C11H18N2O3S2. The van der Waals surface area contributed by atoms with Crippen LogP contribution in [0.2, 0.25) is 0 Å². The van der Waals surface area contributed by atoms with Gasteiger partial charge in [-0.1, -0.05) is 0 Å². The summed E-state index contributed by atoms with van der Waals surface area (Å²) in [5.74, 6) is 0. The van der Waals surface area contributed by atoms with E-state index >= 15 is 0 Å². The monoisotopic (exact) mass is 290 g/mol. The Morgan fingerprint density at radius 1 is 1.44 bits per heavy atom. The molecule has 0 atom stereocenters. The van der Waals surface area contributed by atoms with Crippen molar-refractivity contribution in [3.8, 4) is 0 Å². The first-order chi connectivity index (χ1) is 8.62. The topological polar surface area (TPSA) is 67.4 Å². The lowest BCUT2D eigenvalue weighted by atomic mass is 10.1. The minimum atomic E-state index is -3.37. The first-order valence-corrected chi connectivity index (χ1v) is 8.30. The van der Waals surface area contributed by atoms with Crippen molar-refractivity contribution < 1.29 is 13.2 Å². The molecule has 1 aromatic rings. The van der Waals surface area contributed by atoms with Gasteiger partial charge in [-0.25, -0.2) is 13.1 Å². The van der Waals surface area contributed by atoms with Gasteiger partial charge in [-0.3, -0.25) is 0 Å². The predicted molar refractivity (Wildman–Crippen MR) is 71.2 cm³/mol. The van der Waals surface area contributed by atoms with Gasteiger partial charge in [-0.05, 0) is 36.9 Å². The van der Waals surface area contributed by atoms with Crippen LogP contribution in [0.3, 0.4) is 0 Å². The van der Waals surface area contributed by atoms with Crippen LogP contribution in [0.5, 0.6) is 0 Å². The van der Waals surface area contributed by atoms with Crippen LogP contribution in [0.1, 0.15) is 18.4 Å². The van der Waals surface area contributed by atoms with E-state index in [4.69, 9.17) is 4.74 Å². The van der Waals surface area contributed by atoms with E-state index in [2.05, 4.69) is 10.0 Å². The Labute approximate surface area is 112 Å². The Bertz CT molecular complexity index is 478. The third-order valence-electron chi connectivity index (χ3n) is 2.82. The second-order valence-electron chi connectivity index (χ2n) is 4.31. The van der Waals surface area contributed by atoms with Crippen molar-refractivity contribution >= 4 is 21.4 Å². The molecule has 0 radical (unpaired) electrons. The van der Waals surface area contributed by atoms with Gasteiger partial charge in [0.05, 0.1) is 0 Å². The Kier molecular flexibility index (Phi) is 4.74. The van der Waals surface area contributed by atoms with Crippen molar-refractivity contribution in [2.24, 2.45) is 0 Å². The maximum absolute atomic E-state index is 12.2. The molecule has 1 saturated heterocycles. The molecule has 18 heavy (non-hydrogen) atoms. The van der Waals surface area contributed by atoms with Gasteiger partial charge in [0, 0.05) is 25.8 Å². The molecule has 102 valence electrons. The highest BCUT2D eigenvalue weighted by atomic mass is 32.2. The van der Waals surface area contributed by atoms with Crippen LogP contribution >= 0.6 is 11.3 Å². The maximum Gasteiger partial charge on any atom is 0.250 e. The zero-order valence-electron chi connectivity index (χ0n) is 10.3. The normalized spacial score (nSPS) is 18.1. The van der Waals surface area contributed by atoms with Crippen LogP contribution in [-0.4, -0.2) is 34.7 Å². The molecule has 0 bridgehead atoms. The molecule has 0 spiro atoms. The molecule has 0 aliphatic carbocycles. The summed E-state index contributed by atoms with van der Waals surface area (Å²) in [4.78, 5) is 0. The first kappa shape index (κ1) is 14.0. The number of nitrogens with one attached hydrogen (secondary N) is 2. The summed E-state index contributed by atoms with van der Waals surface area (Å²) in [5, 5.41) is 4.88. The Morgan fingerprint density at radius 2 is 2.17 bits per heavy atom. The van der Waals surface area contributed by atoms with E-state index in [0.29, 0.717) is 24.0 Å². The molecule has 0 amide bonds. The highest BCUT2D eigenvalue weighted by Crippen LogP contribution is 2.21. The average Bonchev–Trinajstić information content (AvgIpc) is 2.80. The highest BCUT2D eigenvalue weighted by Gasteiger charge is 2.23. The Hall–Kier alpha value is -0.470. The molecule has 0 unspecified atom stereocenters. The summed E-state index contributed by atoms with van der Waals surface area (Å²) in [5.41, 5.74) is 0.995. The lowest BCUT2D eigenvalue weighted by molar-refractivity contribution is 0.0832. The van der Waals surface area contributed by atoms with Crippen molar-refractivity contribution in [3.05, 3.63) is 17.0 Å². The van der Waals surface area contributed by atoms with Crippen molar-refractivity contribution in [3.63, 3.8) is 0 Å². The fourth-order valence-corrected chi connectivity index (χ4v) is 4.41. The molecule has 1 fully saturated rings. The number of ether oxygens (including phenoxy) is 1. The fraction of sp³-hybridized carbons (Fsp3) is 0.636. The van der Waals surface area contributed by atoms with E-state index in [1.54, 1.807) is 6.07 Å². The van der Waals surface area contributed by atoms with E-state index in [0.717, 1.165) is 18.4 Å². The lowest BCUT2D eigenvalue weighted by Crippen LogP contribution is -2.38. The zero-order valence-corrected chi connectivity index (χ0v) is 11.9. The largest absolute Gasteiger partial charge is 0.381 e. The standard InChI is InChI=1S/C11H18N2O3S2/c1-12-7-9-6-11(17-8-9)18(14,15)13-10-2-4-16-5-3-10/h6,8,10,12-13H,2-5,7H2,1H3. The van der Waals surface area contributed by atoms with Crippen LogP contribution in [0.15, 0.2) is 15.7 Å². The number of hydrogen-bond acceptors (Lipinski definition) is 5. The number of thiophene rings is 1. The zero-order chi connectivity index (χ0) is 13.0. The van der Waals surface area contributed by atoms with Crippen LogP contribution in [0.4, 0.5) is 0 Å². The van der Waals surface area contributed by atoms with Crippen molar-refractivity contribution in [1.82, 2.24) is 10.0 Å². The summed E-state index contributed by atoms with van der Waals surface area (Å²) in [7, 11) is -1.53. The van der Waals surface area contributed by atoms with Crippen LogP contribution in [0.25, 0.3) is 0 Å². The number of hydrogen-bond donors (Lipinski definition) is 2. The van der Waals surface area contributed by atoms with E-state index in [1.165, 1.54) is 11.3 Å². The second-order valence-corrected chi connectivity index (χ2v) is 7.16. The molecular weight excluding hydrogens is 272 g/mol. The van der Waals surface area contributed by atoms with Gasteiger partial charge in [-0.2, -0.15) is 0 Å². The molecule has 0 aromatic carbocycles. The van der Waals surface area contributed by atoms with E-state index in [-0.39, 0.29) is 6.04 Å². The SMILES string of the molecule is CNCc1csc(S(=O)(=O)NC2CCOCC2)c1. The van der Waals surface area contributed by atoms with Gasteiger partial charge >= 0.3 is 0 Å². The summed E-state index contributed by atoms with van der Waals surface area (Å²) < 4.78 is 32.7. The van der Waals surface area contributed by atoms with Crippen LogP contribution < -0.4 is 10.0 Å². The van der Waals surface area contributed by atoms with Crippen molar-refractivity contribution in [2.75, 3.05) is 20.3 Å². The fourth-order valence-electron chi connectivity index (χ4n) is 1.88. The predicted octanol–water partition coefficient (Wildman–Crippen LogP) is 0.925. The second kappa shape index (κ2) is 6.12. The first-order valence-electron chi connectivity index (χ1n) is 5.94. The highest BCUT2D eigenvalue weighted by molar-refractivity contribution is 7.91. The average molecular weight is 290 g/mol. The molecule has 2 rings (SSSR count). The summed E-state index contributed by atoms with van der Waals surface area (Å²) in [6, 6.07) is 1.72. The van der Waals surface area contributed by atoms with Gasteiger partial charge in [0.1, 0.15) is 4.21 Å². The van der Waals surface area contributed by atoms with Gasteiger partial charge in [0.15, 0.2) is 0 Å². The molecule has 1 aromatic heterocycles. The van der Waals surface area contributed by atoms with Crippen molar-refractivity contribution in [1.29, 1.82) is 0 Å². The lowest BCUT2D eigenvalue weighted by Gasteiger charge is -2.22. The van der Waals surface area contributed by atoms with Gasteiger partial charge in [0.2, 0.25) is 10.0 Å². The van der Waals surface area contributed by atoms with Crippen LogP contribution in [-0.2, 0) is 21.3 Å². The van der Waals surface area contributed by atoms with Crippen LogP contribution in [0, 0.1) is 0 Å². The van der Waals surface area contributed by atoms with E-state index in [1.807, 2.05) is 12.4 Å². The third-order valence-corrected chi connectivity index (χ3v) is 5.83. The third kappa shape index (κ3) is 3.52. The van der Waals surface area contributed by atoms with E-state index < -0.39 is 10.0 Å². The molecule has 1 aliphatic rings. The smallest absolute Gasteiger partial charge is 0.250 e. The van der Waals surface area contributed by atoms with Gasteiger partial charge < -0.3 is 10.1 Å². The summed E-state index contributed by atoms with van der Waals surface area (Å²) >= 11 is 1.26. The summed E-state index contributed by atoms with van der Waals surface area (Å²) in [6.07, 6.45) is 1.49. The molecule has 2 N–H and O–H groups in total.